The van der Waals surface area contributed by atoms with E-state index in [1.165, 1.54) is 48.4 Å². The number of likely N-dealkylation sites (N-methyl/N-ethyl adjacent to an activating group) is 2. The maximum absolute atomic E-state index is 14.9. The second-order valence-corrected chi connectivity index (χ2v) is 23.2. The van der Waals surface area contributed by atoms with Crippen LogP contribution in [0.3, 0.4) is 0 Å². The molecule has 3 aromatic carbocycles. The van der Waals surface area contributed by atoms with E-state index in [0.717, 1.165) is 41.5 Å². The fraction of sp³-hybridized carbons (Fsp3) is 0.525. The van der Waals surface area contributed by atoms with Gasteiger partial charge in [0.2, 0.25) is 17.7 Å². The van der Waals surface area contributed by atoms with Crippen LogP contribution < -0.4 is 16.0 Å². The van der Waals surface area contributed by atoms with Gasteiger partial charge in [0, 0.05) is 51.0 Å². The fourth-order valence-corrected chi connectivity index (χ4v) is 9.15. The van der Waals surface area contributed by atoms with E-state index < -0.39 is 76.8 Å². The van der Waals surface area contributed by atoms with Gasteiger partial charge in [0.25, 0.3) is 5.91 Å². The first-order valence-corrected chi connectivity index (χ1v) is 26.2. The number of ketones is 1. The SMILES string of the molecule is COC(=O)[C@H](Cc1ccc(/C=C/c2ccc(C(=O)NC3CC(C(=O)N[C@@H]4CCCc5ccccc54)N(C(=O)[C@@H](CC(=O)[C@H](C)N(C)C(=O)OC(C)(C)C)C(C)(C)C)C3)cc2)cc1)NC(=O)[C@H](C)N(C)C(=O)OC(C)(C)C. The normalized spacial score (nSPS) is 18.2. The highest BCUT2D eigenvalue weighted by molar-refractivity contribution is 5.96. The summed E-state index contributed by atoms with van der Waals surface area (Å²) in [5.74, 6) is -3.47. The number of hydrogen-bond acceptors (Lipinski definition) is 11. The zero-order valence-corrected chi connectivity index (χ0v) is 46.9. The Morgan fingerprint density at radius 2 is 1.29 bits per heavy atom. The minimum absolute atomic E-state index is 0.0439. The van der Waals surface area contributed by atoms with Crippen LogP contribution in [0.2, 0.25) is 0 Å². The van der Waals surface area contributed by atoms with Crippen LogP contribution in [0.1, 0.15) is 146 Å². The highest BCUT2D eigenvalue weighted by Crippen LogP contribution is 2.35. The van der Waals surface area contributed by atoms with Gasteiger partial charge in [0.05, 0.1) is 19.2 Å². The third-order valence-corrected chi connectivity index (χ3v) is 13.9. The molecule has 412 valence electrons. The minimum atomic E-state index is -1.01. The third kappa shape index (κ3) is 16.5. The van der Waals surface area contributed by atoms with E-state index in [2.05, 4.69) is 22.0 Å². The van der Waals surface area contributed by atoms with Crippen molar-refractivity contribution in [1.82, 2.24) is 30.7 Å². The van der Waals surface area contributed by atoms with Crippen LogP contribution in [0.4, 0.5) is 9.59 Å². The molecule has 3 aromatic rings. The van der Waals surface area contributed by atoms with E-state index in [0.29, 0.717) is 5.56 Å². The summed E-state index contributed by atoms with van der Waals surface area (Å²) < 4.78 is 15.9. The lowest BCUT2D eigenvalue weighted by molar-refractivity contribution is -0.146. The predicted octanol–water partition coefficient (Wildman–Crippen LogP) is 8.08. The number of rotatable bonds is 17. The van der Waals surface area contributed by atoms with Gasteiger partial charge in [-0.05, 0) is 126 Å². The van der Waals surface area contributed by atoms with Crippen LogP contribution >= 0.6 is 0 Å². The molecule has 0 saturated carbocycles. The zero-order valence-electron chi connectivity index (χ0n) is 46.9. The summed E-state index contributed by atoms with van der Waals surface area (Å²) in [4.78, 5) is 112. The van der Waals surface area contributed by atoms with Gasteiger partial charge in [-0.3, -0.25) is 28.9 Å². The summed E-state index contributed by atoms with van der Waals surface area (Å²) in [5, 5.41) is 9.02. The Labute approximate surface area is 448 Å². The van der Waals surface area contributed by atoms with Crippen LogP contribution in [0.5, 0.6) is 0 Å². The number of carbonyl (C=O) groups is 8. The number of aryl methyl sites for hydroxylation is 1. The van der Waals surface area contributed by atoms with E-state index in [1.54, 1.807) is 72.7 Å². The quantitative estimate of drug-likeness (QED) is 0.0669. The van der Waals surface area contributed by atoms with E-state index in [1.807, 2.05) is 75.4 Å². The summed E-state index contributed by atoms with van der Waals surface area (Å²) in [7, 11) is 4.18. The largest absolute Gasteiger partial charge is 0.467 e. The van der Waals surface area contributed by atoms with Gasteiger partial charge in [0.15, 0.2) is 5.78 Å². The van der Waals surface area contributed by atoms with Crippen LogP contribution in [0.15, 0.2) is 72.8 Å². The Hall–Kier alpha value is -7.04. The third-order valence-electron chi connectivity index (χ3n) is 13.9. The number of ether oxygens (including phenoxy) is 3. The van der Waals surface area contributed by atoms with Gasteiger partial charge in [-0.15, -0.1) is 0 Å². The Morgan fingerprint density at radius 1 is 0.737 bits per heavy atom. The number of Topliss-reactive ketones (excluding diaryl/α,β-unsaturated/α-hetero) is 1. The summed E-state index contributed by atoms with van der Waals surface area (Å²) in [6.45, 7) is 19.2. The second kappa shape index (κ2) is 25.2. The van der Waals surface area contributed by atoms with Gasteiger partial charge in [-0.25, -0.2) is 14.4 Å². The monoisotopic (exact) mass is 1050 g/mol. The van der Waals surface area contributed by atoms with Crippen molar-refractivity contribution in [3.8, 4) is 0 Å². The molecule has 17 heteroatoms. The maximum atomic E-state index is 14.9. The second-order valence-electron chi connectivity index (χ2n) is 23.2. The molecule has 3 N–H and O–H groups in total. The lowest BCUT2D eigenvalue weighted by Gasteiger charge is -2.36. The summed E-state index contributed by atoms with van der Waals surface area (Å²) >= 11 is 0. The van der Waals surface area contributed by atoms with Crippen molar-refractivity contribution in [3.63, 3.8) is 0 Å². The summed E-state index contributed by atoms with van der Waals surface area (Å²) in [6.07, 6.45) is 5.11. The molecule has 5 rings (SSSR count). The molecule has 2 aliphatic rings. The van der Waals surface area contributed by atoms with Crippen molar-refractivity contribution in [2.75, 3.05) is 27.7 Å². The molecule has 1 saturated heterocycles. The molecule has 2 unspecified atom stereocenters. The fourth-order valence-electron chi connectivity index (χ4n) is 9.15. The number of likely N-dealkylation sites (tertiary alicyclic amines) is 1. The molecule has 1 aliphatic heterocycles. The number of benzene rings is 3. The number of fused-ring (bicyclic) bond motifs is 1. The van der Waals surface area contributed by atoms with Crippen molar-refractivity contribution in [2.24, 2.45) is 11.3 Å². The number of carbonyl (C=O) groups excluding carboxylic acids is 8. The van der Waals surface area contributed by atoms with E-state index in [4.69, 9.17) is 14.2 Å². The van der Waals surface area contributed by atoms with Crippen molar-refractivity contribution in [2.45, 2.75) is 162 Å². The van der Waals surface area contributed by atoms with Crippen molar-refractivity contribution in [3.05, 3.63) is 106 Å². The van der Waals surface area contributed by atoms with E-state index in [-0.39, 0.29) is 55.4 Å². The van der Waals surface area contributed by atoms with E-state index >= 15 is 0 Å². The molecule has 1 aliphatic carbocycles. The van der Waals surface area contributed by atoms with Gasteiger partial charge < -0.3 is 40.0 Å². The highest BCUT2D eigenvalue weighted by atomic mass is 16.6. The smallest absolute Gasteiger partial charge is 0.410 e. The Morgan fingerprint density at radius 3 is 1.84 bits per heavy atom. The molecule has 0 spiro atoms. The highest BCUT2D eigenvalue weighted by Gasteiger charge is 2.46. The molecule has 0 aromatic heterocycles. The number of esters is 1. The van der Waals surface area contributed by atoms with Crippen LogP contribution in [0, 0.1) is 11.3 Å². The molecule has 17 nitrogen and oxygen atoms in total. The Balaban J connectivity index is 1.26. The first-order chi connectivity index (χ1) is 35.5. The molecule has 0 bridgehead atoms. The zero-order chi connectivity index (χ0) is 56.4. The van der Waals surface area contributed by atoms with Crippen molar-refractivity contribution < 1.29 is 52.6 Å². The Kier molecular flexibility index (Phi) is 19.8. The molecule has 0 radical (unpaired) electrons. The molecule has 7 atom stereocenters. The lowest BCUT2D eigenvalue weighted by atomic mass is 9.76. The molecule has 1 heterocycles. The molecule has 6 amide bonds. The predicted molar refractivity (Wildman–Crippen MR) is 291 cm³/mol. The first kappa shape index (κ1) is 59.8. The van der Waals surface area contributed by atoms with Gasteiger partial charge in [-0.1, -0.05) is 93.6 Å². The topological polar surface area (TPSA) is 210 Å². The summed E-state index contributed by atoms with van der Waals surface area (Å²) in [5.41, 5.74) is 2.77. The van der Waals surface area contributed by atoms with Crippen LogP contribution in [-0.2, 0) is 51.0 Å². The van der Waals surface area contributed by atoms with Crippen LogP contribution in [-0.4, -0.2) is 131 Å². The number of hydrogen-bond donors (Lipinski definition) is 3. The maximum Gasteiger partial charge on any atom is 0.410 e. The van der Waals surface area contributed by atoms with E-state index in [9.17, 15) is 38.4 Å². The van der Waals surface area contributed by atoms with Gasteiger partial charge >= 0.3 is 18.2 Å². The number of nitrogens with zero attached hydrogens (tertiary/aromatic N) is 3. The Bertz CT molecular complexity index is 2610. The minimum Gasteiger partial charge on any atom is -0.467 e. The van der Waals surface area contributed by atoms with Crippen molar-refractivity contribution in [1.29, 1.82) is 0 Å². The standard InChI is InChI=1S/C59H80N6O11/c1-36(63(12)55(72)75-58(6,7)8)49(66)34-45(57(3,4)5)53(70)65-35-43(33-48(65)52(69)61-46-21-17-19-41-18-15-16-20-44(41)46)60-51(68)42-30-28-39(29-31-42)23-22-38-24-26-40(27-25-38)32-47(54(71)74-14)62-50(67)37(2)64(13)56(73)76-59(9,10)11/h15-16,18,20,22-31,36-37,43,45-48H,17,19,21,32-35H2,1-14H3,(H,60,68)(H,61,69)(H,62,67)/b23-22+/t36-,37-,43?,45+,46+,47-,48?/m0/s1. The first-order valence-electron chi connectivity index (χ1n) is 26.2. The lowest BCUT2D eigenvalue weighted by Crippen LogP contribution is -2.52. The molecular weight excluding hydrogens is 969 g/mol. The number of methoxy groups -OCH3 is 1. The molecule has 1 fully saturated rings. The molecule has 76 heavy (non-hydrogen) atoms. The average Bonchev–Trinajstić information content (AvgIpc) is 3.78. The average molecular weight is 1050 g/mol. The summed E-state index contributed by atoms with van der Waals surface area (Å²) in [6, 6.07) is 17.8. The number of nitrogens with one attached hydrogen (secondary N) is 3. The number of amides is 6. The molecular formula is C59H80N6O11. The van der Waals surface area contributed by atoms with Gasteiger partial charge in [0.1, 0.15) is 29.3 Å². The van der Waals surface area contributed by atoms with Gasteiger partial charge in [-0.2, -0.15) is 0 Å². The van der Waals surface area contributed by atoms with Crippen molar-refractivity contribution >= 4 is 59.7 Å². The van der Waals surface area contributed by atoms with Crippen LogP contribution in [0.25, 0.3) is 12.2 Å².